The van der Waals surface area contributed by atoms with Gasteiger partial charge in [0.15, 0.2) is 6.61 Å². The minimum Gasteiger partial charge on any atom is -0.484 e. The van der Waals surface area contributed by atoms with Gasteiger partial charge in [-0.05, 0) is 29.7 Å². The molecule has 0 N–H and O–H groups in total. The van der Waals surface area contributed by atoms with Crippen molar-refractivity contribution in [2.75, 3.05) is 13.7 Å². The van der Waals surface area contributed by atoms with Gasteiger partial charge in [-0.1, -0.05) is 0 Å². The number of pyridine rings is 1. The summed E-state index contributed by atoms with van der Waals surface area (Å²) in [6.07, 6.45) is -2.82. The monoisotopic (exact) mass is 257 g/mol. The number of ether oxygens (including phenoxy) is 2. The van der Waals surface area contributed by atoms with Gasteiger partial charge in [0.2, 0.25) is 5.88 Å². The Kier molecular flexibility index (Phi) is 3.27. The molecule has 0 atom stereocenters. The Morgan fingerprint density at radius 3 is 2.67 bits per heavy atom. The normalized spacial score (nSPS) is 11.6. The van der Waals surface area contributed by atoms with Gasteiger partial charge in [0.1, 0.15) is 5.75 Å². The second-order valence-electron chi connectivity index (χ2n) is 3.61. The topological polar surface area (TPSA) is 31.4 Å². The number of halogens is 3. The molecule has 1 aromatic carbocycles. The summed E-state index contributed by atoms with van der Waals surface area (Å²) < 4.78 is 45.8. The van der Waals surface area contributed by atoms with E-state index in [4.69, 9.17) is 4.74 Å². The quantitative estimate of drug-likeness (QED) is 0.846. The zero-order valence-corrected chi connectivity index (χ0v) is 9.49. The first-order valence-corrected chi connectivity index (χ1v) is 5.12. The Balaban J connectivity index is 2.28. The van der Waals surface area contributed by atoms with Crippen LogP contribution < -0.4 is 9.47 Å². The van der Waals surface area contributed by atoms with Crippen molar-refractivity contribution < 1.29 is 22.6 Å². The highest BCUT2D eigenvalue weighted by molar-refractivity contribution is 5.87. The summed E-state index contributed by atoms with van der Waals surface area (Å²) in [5.74, 6) is 0.586. The highest BCUT2D eigenvalue weighted by atomic mass is 19.4. The Morgan fingerprint density at radius 2 is 2.00 bits per heavy atom. The van der Waals surface area contributed by atoms with Crippen LogP contribution in [0.4, 0.5) is 13.2 Å². The summed E-state index contributed by atoms with van der Waals surface area (Å²) in [7, 11) is 1.48. The molecule has 0 aliphatic carbocycles. The summed E-state index contributed by atoms with van der Waals surface area (Å²) >= 11 is 0. The van der Waals surface area contributed by atoms with Crippen molar-refractivity contribution in [2.45, 2.75) is 6.18 Å². The molecule has 3 nitrogen and oxygen atoms in total. The van der Waals surface area contributed by atoms with Crippen molar-refractivity contribution >= 4 is 10.8 Å². The van der Waals surface area contributed by atoms with Crippen LogP contribution in [-0.2, 0) is 0 Å². The SMILES string of the molecule is COc1nccc2cc(OCC(F)(F)F)ccc12. The van der Waals surface area contributed by atoms with Crippen LogP contribution >= 0.6 is 0 Å². The third-order valence-electron chi connectivity index (χ3n) is 2.30. The molecule has 0 aliphatic heterocycles. The molecular weight excluding hydrogens is 247 g/mol. The van der Waals surface area contributed by atoms with E-state index in [1.807, 2.05) is 0 Å². The molecule has 1 aromatic heterocycles. The van der Waals surface area contributed by atoms with E-state index < -0.39 is 12.8 Å². The van der Waals surface area contributed by atoms with Crippen molar-refractivity contribution in [3.63, 3.8) is 0 Å². The summed E-state index contributed by atoms with van der Waals surface area (Å²) in [6, 6.07) is 6.27. The summed E-state index contributed by atoms with van der Waals surface area (Å²) in [5.41, 5.74) is 0. The highest BCUT2D eigenvalue weighted by Crippen LogP contribution is 2.27. The van der Waals surface area contributed by atoms with Crippen LogP contribution in [0.3, 0.4) is 0 Å². The van der Waals surface area contributed by atoms with E-state index in [0.717, 1.165) is 5.39 Å². The third-order valence-corrected chi connectivity index (χ3v) is 2.30. The molecule has 0 spiro atoms. The molecule has 0 saturated heterocycles. The van der Waals surface area contributed by atoms with Crippen molar-refractivity contribution in [2.24, 2.45) is 0 Å². The Bertz CT molecular complexity index is 555. The molecule has 0 unspecified atom stereocenters. The van der Waals surface area contributed by atoms with Crippen molar-refractivity contribution in [1.82, 2.24) is 4.98 Å². The minimum absolute atomic E-state index is 0.160. The van der Waals surface area contributed by atoms with E-state index in [1.54, 1.807) is 12.1 Å². The molecule has 18 heavy (non-hydrogen) atoms. The number of nitrogens with zero attached hydrogens (tertiary/aromatic N) is 1. The fraction of sp³-hybridized carbons (Fsp3) is 0.250. The van der Waals surface area contributed by atoms with Crippen LogP contribution in [0.5, 0.6) is 11.6 Å². The van der Waals surface area contributed by atoms with Gasteiger partial charge in [-0.25, -0.2) is 4.98 Å². The summed E-state index contributed by atoms with van der Waals surface area (Å²) in [4.78, 5) is 4.00. The number of rotatable bonds is 3. The van der Waals surface area contributed by atoms with Crippen LogP contribution in [0.1, 0.15) is 0 Å². The highest BCUT2D eigenvalue weighted by Gasteiger charge is 2.28. The molecule has 0 bridgehead atoms. The molecule has 0 saturated carbocycles. The van der Waals surface area contributed by atoms with Gasteiger partial charge in [0.25, 0.3) is 0 Å². The lowest BCUT2D eigenvalue weighted by molar-refractivity contribution is -0.153. The van der Waals surface area contributed by atoms with Gasteiger partial charge >= 0.3 is 6.18 Å². The fourth-order valence-electron chi connectivity index (χ4n) is 1.55. The maximum absolute atomic E-state index is 12.0. The number of fused-ring (bicyclic) bond motifs is 1. The first-order chi connectivity index (χ1) is 8.49. The summed E-state index contributed by atoms with van der Waals surface area (Å²) in [6.45, 7) is -1.30. The molecule has 0 fully saturated rings. The largest absolute Gasteiger partial charge is 0.484 e. The average molecular weight is 257 g/mol. The predicted octanol–water partition coefficient (Wildman–Crippen LogP) is 3.18. The number of aromatic nitrogens is 1. The molecule has 96 valence electrons. The molecule has 2 rings (SSSR count). The van der Waals surface area contributed by atoms with Gasteiger partial charge in [-0.3, -0.25) is 0 Å². The molecule has 0 radical (unpaired) electrons. The second-order valence-corrected chi connectivity index (χ2v) is 3.61. The zero-order chi connectivity index (χ0) is 13.2. The van der Waals surface area contributed by atoms with E-state index in [9.17, 15) is 13.2 Å². The van der Waals surface area contributed by atoms with Crippen LogP contribution in [0, 0.1) is 0 Å². The van der Waals surface area contributed by atoms with Crippen molar-refractivity contribution in [3.05, 3.63) is 30.5 Å². The first kappa shape index (κ1) is 12.5. The Morgan fingerprint density at radius 1 is 1.22 bits per heavy atom. The third kappa shape index (κ3) is 2.82. The number of benzene rings is 1. The van der Waals surface area contributed by atoms with Crippen LogP contribution in [-0.4, -0.2) is 24.9 Å². The van der Waals surface area contributed by atoms with Crippen LogP contribution in [0.25, 0.3) is 10.8 Å². The van der Waals surface area contributed by atoms with Gasteiger partial charge in [-0.2, -0.15) is 13.2 Å². The molecule has 6 heteroatoms. The minimum atomic E-state index is -4.34. The van der Waals surface area contributed by atoms with Crippen LogP contribution in [0.2, 0.25) is 0 Å². The molecule has 2 aromatic rings. The van der Waals surface area contributed by atoms with E-state index >= 15 is 0 Å². The lowest BCUT2D eigenvalue weighted by Gasteiger charge is -2.10. The lowest BCUT2D eigenvalue weighted by Crippen LogP contribution is -2.19. The van der Waals surface area contributed by atoms with E-state index in [2.05, 4.69) is 9.72 Å². The molecule has 1 heterocycles. The number of methoxy groups -OCH3 is 1. The van der Waals surface area contributed by atoms with E-state index in [1.165, 1.54) is 25.4 Å². The lowest BCUT2D eigenvalue weighted by atomic mass is 10.1. The molecule has 0 amide bonds. The van der Waals surface area contributed by atoms with E-state index in [-0.39, 0.29) is 5.75 Å². The fourth-order valence-corrected chi connectivity index (χ4v) is 1.55. The number of alkyl halides is 3. The maximum atomic E-state index is 12.0. The van der Waals surface area contributed by atoms with E-state index in [0.29, 0.717) is 11.3 Å². The smallest absolute Gasteiger partial charge is 0.422 e. The van der Waals surface area contributed by atoms with Gasteiger partial charge in [0.05, 0.1) is 7.11 Å². The molecule has 0 aliphatic rings. The average Bonchev–Trinajstić information content (AvgIpc) is 2.34. The number of hydrogen-bond donors (Lipinski definition) is 0. The van der Waals surface area contributed by atoms with Crippen molar-refractivity contribution in [1.29, 1.82) is 0 Å². The summed E-state index contributed by atoms with van der Waals surface area (Å²) in [5, 5.41) is 1.43. The van der Waals surface area contributed by atoms with Gasteiger partial charge in [-0.15, -0.1) is 0 Å². The van der Waals surface area contributed by atoms with Gasteiger partial charge in [0, 0.05) is 11.6 Å². The van der Waals surface area contributed by atoms with Crippen molar-refractivity contribution in [3.8, 4) is 11.6 Å². The van der Waals surface area contributed by atoms with Crippen LogP contribution in [0.15, 0.2) is 30.5 Å². The maximum Gasteiger partial charge on any atom is 0.422 e. The zero-order valence-electron chi connectivity index (χ0n) is 9.49. The predicted molar refractivity (Wildman–Crippen MR) is 59.8 cm³/mol. The standard InChI is InChI=1S/C12H10F3NO2/c1-17-11-10-3-2-9(18-7-12(13,14)15)6-8(10)4-5-16-11/h2-6H,7H2,1H3. The Labute approximate surface area is 101 Å². The number of hydrogen-bond acceptors (Lipinski definition) is 3. The Hall–Kier alpha value is -1.98. The molecular formula is C12H10F3NO2. The second kappa shape index (κ2) is 4.72. The first-order valence-electron chi connectivity index (χ1n) is 5.12. The van der Waals surface area contributed by atoms with Gasteiger partial charge < -0.3 is 9.47 Å².